The number of aliphatic hydroxyl groups is 1. The predicted octanol–water partition coefficient (Wildman–Crippen LogP) is 2.62. The number of hydrogen-bond donors (Lipinski definition) is 3. The molecule has 0 unspecified atom stereocenters. The predicted molar refractivity (Wildman–Crippen MR) is 82.7 cm³/mol. The zero-order chi connectivity index (χ0) is 14.5. The first-order valence-electron chi connectivity index (χ1n) is 7.01. The van der Waals surface area contributed by atoms with Gasteiger partial charge in [-0.05, 0) is 30.4 Å². The van der Waals surface area contributed by atoms with Crippen LogP contribution in [0.25, 0.3) is 0 Å². The van der Waals surface area contributed by atoms with Crippen LogP contribution in [-0.4, -0.2) is 30.3 Å². The normalized spacial score (nSPS) is 22.1. The third-order valence-corrected chi connectivity index (χ3v) is 4.37. The van der Waals surface area contributed by atoms with Crippen LogP contribution in [0.5, 0.6) is 0 Å². The van der Waals surface area contributed by atoms with Crippen molar-refractivity contribution in [2.45, 2.75) is 31.7 Å². The summed E-state index contributed by atoms with van der Waals surface area (Å²) < 4.78 is 1.10. The molecule has 5 heteroatoms. The number of carbonyl (C=O) groups excluding carboxylic acids is 1. The van der Waals surface area contributed by atoms with E-state index in [9.17, 15) is 4.79 Å². The number of halogens is 1. The number of rotatable bonds is 6. The maximum Gasteiger partial charge on any atom is 0.315 e. The minimum absolute atomic E-state index is 0.116. The molecule has 2 amide bonds. The monoisotopic (exact) mass is 340 g/mol. The average molecular weight is 341 g/mol. The molecule has 1 fully saturated rings. The van der Waals surface area contributed by atoms with Gasteiger partial charge in [0.05, 0.1) is 0 Å². The van der Waals surface area contributed by atoms with Crippen LogP contribution in [0.2, 0.25) is 0 Å². The summed E-state index contributed by atoms with van der Waals surface area (Å²) in [5.74, 6) is 0.704. The van der Waals surface area contributed by atoms with E-state index < -0.39 is 0 Å². The highest BCUT2D eigenvalue weighted by molar-refractivity contribution is 9.10. The first kappa shape index (κ1) is 15.3. The smallest absolute Gasteiger partial charge is 0.315 e. The van der Waals surface area contributed by atoms with Gasteiger partial charge < -0.3 is 15.7 Å². The van der Waals surface area contributed by atoms with Crippen LogP contribution in [0, 0.1) is 5.92 Å². The molecule has 0 spiro atoms. The third kappa shape index (κ3) is 4.21. The van der Waals surface area contributed by atoms with Gasteiger partial charge in [-0.25, -0.2) is 4.79 Å². The van der Waals surface area contributed by atoms with Crippen molar-refractivity contribution in [3.63, 3.8) is 0 Å². The fourth-order valence-electron chi connectivity index (χ4n) is 2.28. The summed E-state index contributed by atoms with van der Waals surface area (Å²) in [5, 5.41) is 14.7. The molecule has 1 aromatic carbocycles. The second kappa shape index (κ2) is 7.09. The summed E-state index contributed by atoms with van der Waals surface area (Å²) >= 11 is 3.55. The van der Waals surface area contributed by atoms with Gasteiger partial charge in [0.25, 0.3) is 0 Å². The molecule has 0 bridgehead atoms. The minimum atomic E-state index is -0.116. The Hall–Kier alpha value is -1.07. The van der Waals surface area contributed by atoms with Gasteiger partial charge in [-0.3, -0.25) is 0 Å². The van der Waals surface area contributed by atoms with E-state index in [0.717, 1.165) is 10.9 Å². The summed E-state index contributed by atoms with van der Waals surface area (Å²) in [6.45, 7) is 2.77. The van der Waals surface area contributed by atoms with Gasteiger partial charge in [0, 0.05) is 29.6 Å². The summed E-state index contributed by atoms with van der Waals surface area (Å²) in [6.07, 6.45) is 1.70. The molecule has 110 valence electrons. The molecule has 0 aliphatic heterocycles. The quantitative estimate of drug-likeness (QED) is 0.745. The molecule has 0 radical (unpaired) electrons. The highest BCUT2D eigenvalue weighted by atomic mass is 79.9. The Bertz CT molecular complexity index is 467. The van der Waals surface area contributed by atoms with E-state index in [1.807, 2.05) is 25.1 Å². The molecule has 0 aromatic heterocycles. The van der Waals surface area contributed by atoms with Crippen molar-refractivity contribution in [3.8, 4) is 0 Å². The Morgan fingerprint density at radius 1 is 1.50 bits per heavy atom. The highest BCUT2D eigenvalue weighted by Gasteiger charge is 2.40. The second-order valence-electron chi connectivity index (χ2n) is 5.44. The molecule has 4 nitrogen and oxygen atoms in total. The Morgan fingerprint density at radius 2 is 2.25 bits per heavy atom. The van der Waals surface area contributed by atoms with Crippen molar-refractivity contribution >= 4 is 22.0 Å². The van der Waals surface area contributed by atoms with Crippen molar-refractivity contribution in [2.75, 3.05) is 13.2 Å². The lowest BCUT2D eigenvalue weighted by Crippen LogP contribution is -2.39. The number of hydrogen-bond acceptors (Lipinski definition) is 2. The molecule has 1 aliphatic rings. The number of aliphatic hydroxyl groups excluding tert-OH is 1. The Labute approximate surface area is 128 Å². The molecular weight excluding hydrogens is 320 g/mol. The SMILES string of the molecule is C[C@H](CCO)CNC(=O)N[C@H]1C[C@@H]1c1ccccc1Br. The zero-order valence-corrected chi connectivity index (χ0v) is 13.2. The Kier molecular flexibility index (Phi) is 5.43. The maximum absolute atomic E-state index is 11.8. The summed E-state index contributed by atoms with van der Waals surface area (Å²) in [4.78, 5) is 11.8. The first-order valence-corrected chi connectivity index (χ1v) is 7.80. The van der Waals surface area contributed by atoms with Gasteiger partial charge >= 0.3 is 6.03 Å². The van der Waals surface area contributed by atoms with Crippen molar-refractivity contribution in [3.05, 3.63) is 34.3 Å². The van der Waals surface area contributed by atoms with Crippen LogP contribution in [0.15, 0.2) is 28.7 Å². The van der Waals surface area contributed by atoms with Crippen molar-refractivity contribution in [2.24, 2.45) is 5.92 Å². The third-order valence-electron chi connectivity index (χ3n) is 3.64. The summed E-state index contributed by atoms with van der Waals surface area (Å²) in [7, 11) is 0. The van der Waals surface area contributed by atoms with Crippen molar-refractivity contribution < 1.29 is 9.90 Å². The molecule has 1 saturated carbocycles. The Balaban J connectivity index is 1.74. The topological polar surface area (TPSA) is 61.4 Å². The lowest BCUT2D eigenvalue weighted by molar-refractivity contribution is 0.233. The van der Waals surface area contributed by atoms with Gasteiger partial charge in [-0.1, -0.05) is 41.1 Å². The lowest BCUT2D eigenvalue weighted by atomic mass is 10.1. The van der Waals surface area contributed by atoms with Crippen LogP contribution >= 0.6 is 15.9 Å². The van der Waals surface area contributed by atoms with E-state index in [1.165, 1.54) is 5.56 Å². The van der Waals surface area contributed by atoms with Crippen LogP contribution in [0.4, 0.5) is 4.79 Å². The first-order chi connectivity index (χ1) is 9.61. The zero-order valence-electron chi connectivity index (χ0n) is 11.6. The number of carbonyl (C=O) groups is 1. The summed E-state index contributed by atoms with van der Waals surface area (Å²) in [6, 6.07) is 8.25. The minimum Gasteiger partial charge on any atom is -0.396 e. The molecule has 2 rings (SSSR count). The number of nitrogens with one attached hydrogen (secondary N) is 2. The van der Waals surface area contributed by atoms with Gasteiger partial charge in [0.2, 0.25) is 0 Å². The van der Waals surface area contributed by atoms with E-state index in [1.54, 1.807) is 0 Å². The number of benzene rings is 1. The number of amides is 2. The van der Waals surface area contributed by atoms with Crippen molar-refractivity contribution in [1.29, 1.82) is 0 Å². The van der Waals surface area contributed by atoms with E-state index >= 15 is 0 Å². The molecule has 3 atom stereocenters. The standard InChI is InChI=1S/C15H21BrN2O2/c1-10(6-7-19)9-17-15(20)18-14-8-12(14)11-4-2-3-5-13(11)16/h2-5,10,12,14,19H,6-9H2,1H3,(H2,17,18,20)/t10-,12-,14+/m1/s1. The molecule has 1 aromatic rings. The van der Waals surface area contributed by atoms with Crippen LogP contribution in [0.1, 0.15) is 31.2 Å². The Morgan fingerprint density at radius 3 is 2.95 bits per heavy atom. The van der Waals surface area contributed by atoms with Gasteiger partial charge in [0.15, 0.2) is 0 Å². The fraction of sp³-hybridized carbons (Fsp3) is 0.533. The molecule has 1 aliphatic carbocycles. The van der Waals surface area contributed by atoms with Crippen molar-refractivity contribution in [1.82, 2.24) is 10.6 Å². The van der Waals surface area contributed by atoms with Gasteiger partial charge in [0.1, 0.15) is 0 Å². The van der Waals surface area contributed by atoms with Crippen LogP contribution in [-0.2, 0) is 0 Å². The van der Waals surface area contributed by atoms with E-state index in [2.05, 4.69) is 32.6 Å². The van der Waals surface area contributed by atoms with E-state index in [-0.39, 0.29) is 18.7 Å². The van der Waals surface area contributed by atoms with Crippen LogP contribution in [0.3, 0.4) is 0 Å². The molecule has 0 heterocycles. The molecule has 3 N–H and O–H groups in total. The fourth-order valence-corrected chi connectivity index (χ4v) is 2.86. The maximum atomic E-state index is 11.8. The van der Waals surface area contributed by atoms with Gasteiger partial charge in [-0.2, -0.15) is 0 Å². The van der Waals surface area contributed by atoms with Crippen LogP contribution < -0.4 is 10.6 Å². The van der Waals surface area contributed by atoms with Gasteiger partial charge in [-0.15, -0.1) is 0 Å². The molecule has 0 saturated heterocycles. The second-order valence-corrected chi connectivity index (χ2v) is 6.30. The number of urea groups is 1. The molecular formula is C15H21BrN2O2. The van der Waals surface area contributed by atoms with E-state index in [0.29, 0.717) is 24.8 Å². The largest absolute Gasteiger partial charge is 0.396 e. The lowest BCUT2D eigenvalue weighted by Gasteiger charge is -2.12. The average Bonchev–Trinajstić information content (AvgIpc) is 3.16. The highest BCUT2D eigenvalue weighted by Crippen LogP contribution is 2.43. The van der Waals surface area contributed by atoms with E-state index in [4.69, 9.17) is 5.11 Å². The molecule has 20 heavy (non-hydrogen) atoms. The summed E-state index contributed by atoms with van der Waals surface area (Å²) in [5.41, 5.74) is 1.26.